The number of carbonyl (C=O) groups excluding carboxylic acids is 1. The first-order valence-corrected chi connectivity index (χ1v) is 7.54. The van der Waals surface area contributed by atoms with Crippen LogP contribution >= 0.6 is 0 Å². The van der Waals surface area contributed by atoms with E-state index in [9.17, 15) is 9.59 Å². The van der Waals surface area contributed by atoms with Gasteiger partial charge in [0.15, 0.2) is 0 Å². The summed E-state index contributed by atoms with van der Waals surface area (Å²) in [4.78, 5) is 26.7. The zero-order valence-corrected chi connectivity index (χ0v) is 13.3. The summed E-state index contributed by atoms with van der Waals surface area (Å²) in [5.74, 6) is -0.346. The third-order valence-electron chi connectivity index (χ3n) is 4.31. The number of pyridine rings is 1. The normalized spacial score (nSPS) is 19.0. The van der Waals surface area contributed by atoms with Crippen molar-refractivity contribution in [1.29, 1.82) is 0 Å². The lowest BCUT2D eigenvalue weighted by Crippen LogP contribution is -2.35. The van der Waals surface area contributed by atoms with Crippen LogP contribution in [0.3, 0.4) is 0 Å². The Hall–Kier alpha value is -1.62. The van der Waals surface area contributed by atoms with E-state index in [0.717, 1.165) is 19.4 Å². The van der Waals surface area contributed by atoms with Gasteiger partial charge in [-0.1, -0.05) is 0 Å². The van der Waals surface area contributed by atoms with Crippen molar-refractivity contribution in [2.45, 2.75) is 46.2 Å². The summed E-state index contributed by atoms with van der Waals surface area (Å²) in [5.41, 5.74) is 1.88. The molecule has 0 radical (unpaired) electrons. The molecule has 1 saturated heterocycles. The molecule has 1 aliphatic rings. The first kappa shape index (κ1) is 15.8. The van der Waals surface area contributed by atoms with Gasteiger partial charge < -0.3 is 14.2 Å². The largest absolute Gasteiger partial charge is 0.462 e. The molecule has 0 amide bonds. The van der Waals surface area contributed by atoms with Gasteiger partial charge in [-0.05, 0) is 52.8 Å². The van der Waals surface area contributed by atoms with Gasteiger partial charge in [-0.2, -0.15) is 0 Å². The van der Waals surface area contributed by atoms with Crippen LogP contribution in [-0.4, -0.2) is 41.7 Å². The molecule has 0 bridgehead atoms. The molecule has 1 unspecified atom stereocenters. The predicted octanol–water partition coefficient (Wildman–Crippen LogP) is 1.74. The Balaban J connectivity index is 2.39. The van der Waals surface area contributed by atoms with E-state index in [1.165, 1.54) is 6.07 Å². The van der Waals surface area contributed by atoms with Crippen molar-refractivity contribution >= 4 is 5.97 Å². The highest BCUT2D eigenvalue weighted by Crippen LogP contribution is 2.19. The predicted molar refractivity (Wildman–Crippen MR) is 81.8 cm³/mol. The molecule has 1 aliphatic heterocycles. The van der Waals surface area contributed by atoms with Gasteiger partial charge >= 0.3 is 5.97 Å². The number of hydrogen-bond donors (Lipinski definition) is 0. The minimum Gasteiger partial charge on any atom is -0.462 e. The van der Waals surface area contributed by atoms with E-state index < -0.39 is 0 Å². The quantitative estimate of drug-likeness (QED) is 0.793. The summed E-state index contributed by atoms with van der Waals surface area (Å²) in [6, 6.07) is 1.90. The average molecular weight is 292 g/mol. The summed E-state index contributed by atoms with van der Waals surface area (Å²) in [6.45, 7) is 7.43. The fourth-order valence-corrected chi connectivity index (χ4v) is 3.08. The van der Waals surface area contributed by atoms with E-state index in [2.05, 4.69) is 11.9 Å². The molecule has 21 heavy (non-hydrogen) atoms. The molecule has 0 aliphatic carbocycles. The molecule has 2 rings (SSSR count). The number of likely N-dealkylation sites (tertiary alicyclic amines) is 1. The van der Waals surface area contributed by atoms with Crippen LogP contribution in [0.15, 0.2) is 10.9 Å². The number of carbonyl (C=O) groups is 1. The molecule has 0 saturated carbocycles. The van der Waals surface area contributed by atoms with Crippen molar-refractivity contribution in [2.75, 3.05) is 20.2 Å². The molecule has 1 fully saturated rings. The second kappa shape index (κ2) is 6.43. The Bertz CT molecular complexity index is 592. The summed E-state index contributed by atoms with van der Waals surface area (Å²) >= 11 is 0. The van der Waals surface area contributed by atoms with Crippen molar-refractivity contribution in [3.63, 3.8) is 0 Å². The van der Waals surface area contributed by atoms with Gasteiger partial charge in [-0.25, -0.2) is 4.79 Å². The van der Waals surface area contributed by atoms with Crippen LogP contribution in [0.2, 0.25) is 0 Å². The molecule has 0 spiro atoms. The van der Waals surface area contributed by atoms with Crippen molar-refractivity contribution in [3.8, 4) is 0 Å². The zero-order chi connectivity index (χ0) is 15.6. The number of aromatic nitrogens is 1. The SMILES string of the molecule is CCOC(=O)c1c(C)cc(=O)n(CC2CCCN2C)c1C. The Morgan fingerprint density at radius 1 is 1.43 bits per heavy atom. The third-order valence-corrected chi connectivity index (χ3v) is 4.31. The summed E-state index contributed by atoms with van der Waals surface area (Å²) in [5, 5.41) is 0. The number of rotatable bonds is 4. The molecule has 5 nitrogen and oxygen atoms in total. The number of ether oxygens (including phenoxy) is 1. The highest BCUT2D eigenvalue weighted by atomic mass is 16.5. The van der Waals surface area contributed by atoms with Gasteiger partial charge in [0.2, 0.25) is 0 Å². The Labute approximate surface area is 125 Å². The lowest BCUT2D eigenvalue weighted by molar-refractivity contribution is 0.0523. The van der Waals surface area contributed by atoms with Gasteiger partial charge in [0, 0.05) is 24.3 Å². The van der Waals surface area contributed by atoms with Crippen molar-refractivity contribution < 1.29 is 9.53 Å². The van der Waals surface area contributed by atoms with Crippen LogP contribution in [0.5, 0.6) is 0 Å². The van der Waals surface area contributed by atoms with Crippen LogP contribution in [0.4, 0.5) is 0 Å². The number of esters is 1. The maximum atomic E-state index is 12.3. The molecule has 5 heteroatoms. The van der Waals surface area contributed by atoms with Crippen LogP contribution in [0.1, 0.15) is 41.4 Å². The van der Waals surface area contributed by atoms with Crippen molar-refractivity contribution in [2.24, 2.45) is 0 Å². The van der Waals surface area contributed by atoms with Gasteiger partial charge in [0.25, 0.3) is 5.56 Å². The van der Waals surface area contributed by atoms with Crippen molar-refractivity contribution in [1.82, 2.24) is 9.47 Å². The maximum absolute atomic E-state index is 12.3. The minimum atomic E-state index is -0.346. The van der Waals surface area contributed by atoms with Crippen molar-refractivity contribution in [3.05, 3.63) is 33.2 Å². The van der Waals surface area contributed by atoms with Crippen LogP contribution in [-0.2, 0) is 11.3 Å². The number of nitrogens with zero attached hydrogens (tertiary/aromatic N) is 2. The Morgan fingerprint density at radius 3 is 2.71 bits per heavy atom. The summed E-state index contributed by atoms with van der Waals surface area (Å²) < 4.78 is 6.82. The highest BCUT2D eigenvalue weighted by molar-refractivity contribution is 5.92. The number of hydrogen-bond acceptors (Lipinski definition) is 4. The van der Waals surface area contributed by atoms with E-state index in [-0.39, 0.29) is 11.5 Å². The molecule has 1 aromatic rings. The van der Waals surface area contributed by atoms with Crippen LogP contribution in [0.25, 0.3) is 0 Å². The lowest BCUT2D eigenvalue weighted by atomic mass is 10.1. The standard InChI is InChI=1S/C16H24N2O3/c1-5-21-16(20)15-11(2)9-14(19)18(12(15)3)10-13-7-6-8-17(13)4/h9,13H,5-8,10H2,1-4H3. The van der Waals surface area contributed by atoms with Gasteiger partial charge in [-0.15, -0.1) is 0 Å². The highest BCUT2D eigenvalue weighted by Gasteiger charge is 2.24. The molecule has 0 aromatic carbocycles. The topological polar surface area (TPSA) is 51.5 Å². The monoisotopic (exact) mass is 292 g/mol. The van der Waals surface area contributed by atoms with E-state index in [0.29, 0.717) is 36.0 Å². The van der Waals surface area contributed by atoms with E-state index in [1.807, 2.05) is 6.92 Å². The zero-order valence-electron chi connectivity index (χ0n) is 13.3. The molecular formula is C16H24N2O3. The second-order valence-electron chi connectivity index (χ2n) is 5.73. The molecule has 116 valence electrons. The Kier molecular flexibility index (Phi) is 4.83. The average Bonchev–Trinajstić information content (AvgIpc) is 2.80. The summed E-state index contributed by atoms with van der Waals surface area (Å²) in [7, 11) is 2.08. The molecule has 2 heterocycles. The maximum Gasteiger partial charge on any atom is 0.340 e. The van der Waals surface area contributed by atoms with E-state index in [4.69, 9.17) is 4.74 Å². The molecule has 0 N–H and O–H groups in total. The van der Waals surface area contributed by atoms with E-state index in [1.54, 1.807) is 18.4 Å². The van der Waals surface area contributed by atoms with Crippen LogP contribution in [0, 0.1) is 13.8 Å². The number of likely N-dealkylation sites (N-methyl/N-ethyl adjacent to an activating group) is 1. The van der Waals surface area contributed by atoms with Crippen LogP contribution < -0.4 is 5.56 Å². The smallest absolute Gasteiger partial charge is 0.340 e. The van der Waals surface area contributed by atoms with Gasteiger partial charge in [0.05, 0.1) is 12.2 Å². The first-order valence-electron chi connectivity index (χ1n) is 7.54. The second-order valence-corrected chi connectivity index (χ2v) is 5.73. The molecule has 1 aromatic heterocycles. The first-order chi connectivity index (χ1) is 9.95. The minimum absolute atomic E-state index is 0.0432. The fraction of sp³-hybridized carbons (Fsp3) is 0.625. The Morgan fingerprint density at radius 2 is 2.14 bits per heavy atom. The fourth-order valence-electron chi connectivity index (χ4n) is 3.08. The molecule has 1 atom stereocenters. The third kappa shape index (κ3) is 3.18. The van der Waals surface area contributed by atoms with E-state index >= 15 is 0 Å². The molecular weight excluding hydrogens is 268 g/mol. The van der Waals surface area contributed by atoms with Gasteiger partial charge in [0.1, 0.15) is 0 Å². The van der Waals surface area contributed by atoms with Gasteiger partial charge in [-0.3, -0.25) is 4.79 Å². The lowest BCUT2D eigenvalue weighted by Gasteiger charge is -2.23. The summed E-state index contributed by atoms with van der Waals surface area (Å²) in [6.07, 6.45) is 2.25. The number of aryl methyl sites for hydroxylation is 1.